The lowest BCUT2D eigenvalue weighted by Crippen LogP contribution is -2.25. The monoisotopic (exact) mass is 466 g/mol. The summed E-state index contributed by atoms with van der Waals surface area (Å²) in [4.78, 5) is 22.0. The quantitative estimate of drug-likeness (QED) is 0.549. The van der Waals surface area contributed by atoms with Crippen LogP contribution in [-0.4, -0.2) is 45.7 Å². The number of nitrogens with one attached hydrogen (secondary N) is 2. The molecule has 174 valence electrons. The standard InChI is InChI=1S/C23H20F2N6O3/c1-3-33-19-9-7-17-21(29-19)20(13-4-8-18(28-12-13)34-23(24)25)22(32)31(30-17)15-5-6-16(26)14(10-15)11-27-2/h4-12,23,26-27H,3H2,1-2H3/b14-11-,26-16?. The Morgan fingerprint density at radius 3 is 2.68 bits per heavy atom. The molecule has 0 spiro atoms. The molecule has 0 fully saturated rings. The van der Waals surface area contributed by atoms with Gasteiger partial charge in [-0.1, -0.05) is 0 Å². The molecule has 11 heteroatoms. The van der Waals surface area contributed by atoms with Crippen molar-refractivity contribution in [3.8, 4) is 22.9 Å². The molecule has 0 atom stereocenters. The van der Waals surface area contributed by atoms with Crippen LogP contribution in [-0.2, 0) is 0 Å². The second-order valence-corrected chi connectivity index (χ2v) is 7.01. The Morgan fingerprint density at radius 2 is 2.00 bits per heavy atom. The normalized spacial score (nSPS) is 14.6. The lowest BCUT2D eigenvalue weighted by molar-refractivity contribution is -0.0528. The summed E-state index contributed by atoms with van der Waals surface area (Å²) in [5.41, 5.74) is 1.95. The van der Waals surface area contributed by atoms with Crippen molar-refractivity contribution in [2.24, 2.45) is 0 Å². The summed E-state index contributed by atoms with van der Waals surface area (Å²) in [6.07, 6.45) is 7.73. The number of fused-ring (bicyclic) bond motifs is 1. The summed E-state index contributed by atoms with van der Waals surface area (Å²) in [6, 6.07) is 6.02. The minimum absolute atomic E-state index is 0.164. The molecule has 3 aromatic heterocycles. The summed E-state index contributed by atoms with van der Waals surface area (Å²) in [5, 5.41) is 15.4. The molecule has 0 unspecified atom stereocenters. The fourth-order valence-corrected chi connectivity index (χ4v) is 3.37. The van der Waals surface area contributed by atoms with Crippen molar-refractivity contribution in [3.63, 3.8) is 0 Å². The first-order valence-electron chi connectivity index (χ1n) is 10.3. The molecule has 0 amide bonds. The Kier molecular flexibility index (Phi) is 6.44. The molecule has 2 N–H and O–H groups in total. The SMILES string of the molecule is CCOc1ccc2nn(C3=C/C(=C/NC)C(=N)C=C3)c(=O)c(-c3ccc(OC(F)F)nc3)c2n1. The maximum absolute atomic E-state index is 13.6. The second kappa shape index (κ2) is 9.61. The largest absolute Gasteiger partial charge is 0.478 e. The number of aromatic nitrogens is 4. The maximum Gasteiger partial charge on any atom is 0.388 e. The third-order valence-electron chi connectivity index (χ3n) is 4.81. The molecule has 1 aliphatic carbocycles. The first kappa shape index (κ1) is 22.8. The predicted molar refractivity (Wildman–Crippen MR) is 123 cm³/mol. The van der Waals surface area contributed by atoms with E-state index in [9.17, 15) is 13.6 Å². The zero-order valence-electron chi connectivity index (χ0n) is 18.3. The minimum atomic E-state index is -3.02. The molecule has 0 radical (unpaired) electrons. The number of ether oxygens (including phenoxy) is 2. The number of alkyl halides is 2. The minimum Gasteiger partial charge on any atom is -0.478 e. The number of pyridine rings is 2. The summed E-state index contributed by atoms with van der Waals surface area (Å²) in [5.74, 6) is 0.0314. The molecular formula is C23H20F2N6O3. The van der Waals surface area contributed by atoms with Gasteiger partial charge >= 0.3 is 6.61 Å². The van der Waals surface area contributed by atoms with Gasteiger partial charge in [-0.3, -0.25) is 4.79 Å². The van der Waals surface area contributed by atoms with Gasteiger partial charge in [0.2, 0.25) is 11.8 Å². The summed E-state index contributed by atoms with van der Waals surface area (Å²) < 4.78 is 36.0. The topological polar surface area (TPSA) is 115 Å². The predicted octanol–water partition coefficient (Wildman–Crippen LogP) is 3.39. The van der Waals surface area contributed by atoms with Crippen LogP contribution >= 0.6 is 0 Å². The Hall–Kier alpha value is -4.41. The molecule has 3 heterocycles. The molecule has 9 nitrogen and oxygen atoms in total. The van der Waals surface area contributed by atoms with Crippen molar-refractivity contribution in [1.29, 1.82) is 5.41 Å². The van der Waals surface area contributed by atoms with E-state index in [4.69, 9.17) is 10.1 Å². The first-order chi connectivity index (χ1) is 16.4. The van der Waals surface area contributed by atoms with E-state index in [0.717, 1.165) is 0 Å². The molecule has 0 aromatic carbocycles. The Balaban J connectivity index is 1.94. The van der Waals surface area contributed by atoms with Crippen LogP contribution in [0.1, 0.15) is 6.92 Å². The number of hydrogen-bond donors (Lipinski definition) is 2. The molecular weight excluding hydrogens is 446 g/mol. The third-order valence-corrected chi connectivity index (χ3v) is 4.81. The highest BCUT2D eigenvalue weighted by molar-refractivity contribution is 6.12. The molecule has 3 aromatic rings. The van der Waals surface area contributed by atoms with Crippen LogP contribution in [0.2, 0.25) is 0 Å². The van der Waals surface area contributed by atoms with Gasteiger partial charge in [-0.15, -0.1) is 0 Å². The van der Waals surface area contributed by atoms with Gasteiger partial charge in [-0.05, 0) is 37.3 Å². The van der Waals surface area contributed by atoms with Gasteiger partial charge in [0.15, 0.2) is 0 Å². The van der Waals surface area contributed by atoms with E-state index in [1.807, 2.05) is 6.92 Å². The highest BCUT2D eigenvalue weighted by Crippen LogP contribution is 2.27. The average molecular weight is 466 g/mol. The van der Waals surface area contributed by atoms with Crippen LogP contribution in [0.15, 0.2) is 65.3 Å². The number of halogens is 2. The Labute approximate surface area is 192 Å². The molecule has 0 bridgehead atoms. The molecule has 1 aliphatic rings. The van der Waals surface area contributed by atoms with Gasteiger partial charge in [0.1, 0.15) is 11.0 Å². The second-order valence-electron chi connectivity index (χ2n) is 7.01. The van der Waals surface area contributed by atoms with E-state index in [1.54, 1.807) is 43.6 Å². The van der Waals surface area contributed by atoms with E-state index in [-0.39, 0.29) is 22.7 Å². The highest BCUT2D eigenvalue weighted by atomic mass is 19.3. The van der Waals surface area contributed by atoms with E-state index in [1.165, 1.54) is 23.0 Å². The van der Waals surface area contributed by atoms with Crippen molar-refractivity contribution in [1.82, 2.24) is 25.1 Å². The van der Waals surface area contributed by atoms with Gasteiger partial charge < -0.3 is 20.2 Å². The number of rotatable bonds is 7. The van der Waals surface area contributed by atoms with E-state index in [0.29, 0.717) is 34.8 Å². The fraction of sp³-hybridized carbons (Fsp3) is 0.174. The smallest absolute Gasteiger partial charge is 0.388 e. The fourth-order valence-electron chi connectivity index (χ4n) is 3.37. The van der Waals surface area contributed by atoms with Crippen molar-refractivity contribution >= 4 is 22.4 Å². The summed E-state index contributed by atoms with van der Waals surface area (Å²) in [6.45, 7) is -0.829. The summed E-state index contributed by atoms with van der Waals surface area (Å²) in [7, 11) is 1.71. The van der Waals surface area contributed by atoms with Crippen LogP contribution < -0.4 is 20.3 Å². The molecule has 0 saturated carbocycles. The Morgan fingerprint density at radius 1 is 1.21 bits per heavy atom. The van der Waals surface area contributed by atoms with Crippen LogP contribution in [0.5, 0.6) is 11.8 Å². The van der Waals surface area contributed by atoms with Crippen LogP contribution in [0.25, 0.3) is 27.9 Å². The van der Waals surface area contributed by atoms with Gasteiger partial charge in [0, 0.05) is 42.7 Å². The lowest BCUT2D eigenvalue weighted by Gasteiger charge is -2.15. The highest BCUT2D eigenvalue weighted by Gasteiger charge is 2.20. The Bertz CT molecular complexity index is 1390. The van der Waals surface area contributed by atoms with E-state index < -0.39 is 12.2 Å². The van der Waals surface area contributed by atoms with Crippen molar-refractivity contribution in [3.05, 3.63) is 70.8 Å². The number of nitrogens with zero attached hydrogens (tertiary/aromatic N) is 4. The van der Waals surface area contributed by atoms with Gasteiger partial charge in [0.05, 0.1) is 23.6 Å². The molecule has 0 aliphatic heterocycles. The van der Waals surface area contributed by atoms with Crippen molar-refractivity contribution in [2.75, 3.05) is 13.7 Å². The van der Waals surface area contributed by atoms with E-state index >= 15 is 0 Å². The van der Waals surface area contributed by atoms with Gasteiger partial charge in [-0.25, -0.2) is 9.97 Å². The van der Waals surface area contributed by atoms with Crippen LogP contribution in [0, 0.1) is 5.41 Å². The molecule has 0 saturated heterocycles. The van der Waals surface area contributed by atoms with Crippen molar-refractivity contribution < 1.29 is 18.3 Å². The van der Waals surface area contributed by atoms with Gasteiger partial charge in [0.25, 0.3) is 5.56 Å². The zero-order chi connectivity index (χ0) is 24.2. The zero-order valence-corrected chi connectivity index (χ0v) is 18.3. The van der Waals surface area contributed by atoms with Crippen LogP contribution in [0.3, 0.4) is 0 Å². The average Bonchev–Trinajstić information content (AvgIpc) is 2.81. The van der Waals surface area contributed by atoms with Crippen LogP contribution in [0.4, 0.5) is 8.78 Å². The molecule has 4 rings (SSSR count). The number of hydrogen-bond acceptors (Lipinski definition) is 8. The number of allylic oxidation sites excluding steroid dienone is 5. The maximum atomic E-state index is 13.6. The first-order valence-corrected chi connectivity index (χ1v) is 10.3. The van der Waals surface area contributed by atoms with E-state index in [2.05, 4.69) is 25.1 Å². The third kappa shape index (κ3) is 4.53. The lowest BCUT2D eigenvalue weighted by atomic mass is 10.0. The van der Waals surface area contributed by atoms with Crippen molar-refractivity contribution in [2.45, 2.75) is 13.5 Å². The molecule has 34 heavy (non-hydrogen) atoms. The summed E-state index contributed by atoms with van der Waals surface area (Å²) >= 11 is 0. The van der Waals surface area contributed by atoms with Gasteiger partial charge in [-0.2, -0.15) is 18.6 Å².